The average Bonchev–Trinajstić information content (AvgIpc) is 1.90. The van der Waals surface area contributed by atoms with Gasteiger partial charge in [0.2, 0.25) is 0 Å². The molecule has 0 aromatic carbocycles. The third kappa shape index (κ3) is 1.65. The summed E-state index contributed by atoms with van der Waals surface area (Å²) in [6, 6.07) is 2.63. The lowest BCUT2D eigenvalue weighted by Gasteiger charge is -1.97. The number of rotatable bonds is 1. The average molecular weight is 141 g/mol. The van der Waals surface area contributed by atoms with Gasteiger partial charge in [-0.15, -0.1) is 0 Å². The van der Waals surface area contributed by atoms with E-state index in [1.807, 2.05) is 0 Å². The Bertz CT molecular complexity index is 178. The van der Waals surface area contributed by atoms with Gasteiger partial charge in [-0.1, -0.05) is 0 Å². The number of nitrogens with zero attached hydrogens (tertiary/aromatic N) is 2. The van der Waals surface area contributed by atoms with Crippen LogP contribution in [0.4, 0.5) is 0 Å². The van der Waals surface area contributed by atoms with Crippen molar-refractivity contribution < 1.29 is 4.55 Å². The molecule has 4 heteroatoms. The summed E-state index contributed by atoms with van der Waals surface area (Å²) in [5.74, 6) is 0. The summed E-state index contributed by atoms with van der Waals surface area (Å²) in [5, 5.41) is 0.355. The van der Waals surface area contributed by atoms with E-state index in [4.69, 9.17) is 0 Å². The van der Waals surface area contributed by atoms with Crippen LogP contribution in [0.2, 0.25) is 0 Å². The number of aromatic nitrogens is 2. The van der Waals surface area contributed by atoms with Crippen LogP contribution in [-0.2, 0) is 11.2 Å². The molecular weight excluding hydrogens is 136 g/mol. The molecule has 0 bridgehead atoms. The maximum absolute atomic E-state index is 10.6. The first kappa shape index (κ1) is 6.51. The molecule has 1 unspecified atom stereocenters. The monoisotopic (exact) mass is 141 g/mol. The number of hydrogen-bond donors (Lipinski definition) is 0. The van der Waals surface area contributed by atoms with Crippen LogP contribution in [0, 0.1) is 6.07 Å². The van der Waals surface area contributed by atoms with Crippen molar-refractivity contribution in [2.45, 2.75) is 5.16 Å². The van der Waals surface area contributed by atoms with Gasteiger partial charge in [-0.2, -0.15) is 9.97 Å². The largest absolute Gasteiger partial charge is 0.609 e. The van der Waals surface area contributed by atoms with Gasteiger partial charge in [-0.05, 0) is 0 Å². The maximum atomic E-state index is 10.6. The summed E-state index contributed by atoms with van der Waals surface area (Å²) in [4.78, 5) is 7.42. The van der Waals surface area contributed by atoms with Crippen LogP contribution < -0.4 is 0 Å². The summed E-state index contributed by atoms with van der Waals surface area (Å²) >= 11 is -1.07. The minimum absolute atomic E-state index is 0.355. The smallest absolute Gasteiger partial charge is 0.342 e. The molecule has 0 aliphatic heterocycles. The molecule has 0 amide bonds. The van der Waals surface area contributed by atoms with Crippen molar-refractivity contribution in [1.29, 1.82) is 0 Å². The molecule has 1 aromatic heterocycles. The van der Waals surface area contributed by atoms with E-state index < -0.39 is 11.2 Å². The predicted octanol–water partition coefficient (Wildman–Crippen LogP) is 0.0142. The second kappa shape index (κ2) is 2.80. The standard InChI is InChI=1S/C5H5N2OS/c1-9(8)5-6-3-2-4-7-5/h3-4H,1H3. The highest BCUT2D eigenvalue weighted by atomic mass is 32.2. The van der Waals surface area contributed by atoms with Gasteiger partial charge >= 0.3 is 5.16 Å². The molecule has 3 nitrogen and oxygen atoms in total. The molecule has 9 heavy (non-hydrogen) atoms. The van der Waals surface area contributed by atoms with Crippen molar-refractivity contribution in [2.75, 3.05) is 6.26 Å². The third-order valence-electron chi connectivity index (χ3n) is 0.756. The van der Waals surface area contributed by atoms with Crippen LogP contribution in [-0.4, -0.2) is 20.8 Å². The summed E-state index contributed by atoms with van der Waals surface area (Å²) in [6.07, 6.45) is 4.43. The highest BCUT2D eigenvalue weighted by Crippen LogP contribution is 1.95. The first-order chi connectivity index (χ1) is 4.30. The lowest BCUT2D eigenvalue weighted by Crippen LogP contribution is -2.02. The van der Waals surface area contributed by atoms with E-state index in [-0.39, 0.29) is 0 Å². The van der Waals surface area contributed by atoms with Crippen LogP contribution in [0.3, 0.4) is 0 Å². The molecule has 0 saturated carbocycles. The van der Waals surface area contributed by atoms with Gasteiger partial charge in [0, 0.05) is 29.6 Å². The van der Waals surface area contributed by atoms with E-state index in [0.29, 0.717) is 5.16 Å². The van der Waals surface area contributed by atoms with Crippen LogP contribution in [0.15, 0.2) is 17.6 Å². The van der Waals surface area contributed by atoms with Crippen molar-refractivity contribution in [2.24, 2.45) is 0 Å². The Balaban J connectivity index is 2.85. The Hall–Kier alpha value is -0.610. The Morgan fingerprint density at radius 3 is 2.44 bits per heavy atom. The molecular formula is C5H5N2OS. The van der Waals surface area contributed by atoms with Gasteiger partial charge in [0.05, 0.1) is 0 Å². The van der Waals surface area contributed by atoms with Crippen molar-refractivity contribution in [1.82, 2.24) is 9.97 Å². The minimum atomic E-state index is -1.07. The normalized spacial score (nSPS) is 13.1. The van der Waals surface area contributed by atoms with E-state index in [1.165, 1.54) is 18.6 Å². The zero-order chi connectivity index (χ0) is 6.69. The fourth-order valence-electron chi connectivity index (χ4n) is 0.400. The molecule has 1 heterocycles. The fraction of sp³-hybridized carbons (Fsp3) is 0.200. The molecule has 0 spiro atoms. The highest BCUT2D eigenvalue weighted by Gasteiger charge is 2.03. The first-order valence-electron chi connectivity index (χ1n) is 2.32. The first-order valence-corrected chi connectivity index (χ1v) is 3.88. The predicted molar refractivity (Wildman–Crippen MR) is 33.2 cm³/mol. The van der Waals surface area contributed by atoms with Gasteiger partial charge in [-0.3, -0.25) is 0 Å². The minimum Gasteiger partial charge on any atom is -0.609 e. The Kier molecular flexibility index (Phi) is 2.02. The Labute approximate surface area is 56.3 Å². The topological polar surface area (TPSA) is 48.8 Å². The van der Waals surface area contributed by atoms with E-state index in [2.05, 4.69) is 16.0 Å². The third-order valence-corrected chi connectivity index (χ3v) is 1.48. The van der Waals surface area contributed by atoms with Crippen LogP contribution in [0.5, 0.6) is 0 Å². The second-order valence-corrected chi connectivity index (χ2v) is 2.69. The van der Waals surface area contributed by atoms with Crippen LogP contribution in [0.25, 0.3) is 0 Å². The molecule has 0 aliphatic rings. The molecule has 1 atom stereocenters. The summed E-state index contributed by atoms with van der Waals surface area (Å²) in [6.45, 7) is 0. The zero-order valence-electron chi connectivity index (χ0n) is 4.87. The lowest BCUT2D eigenvalue weighted by molar-refractivity contribution is 0.592. The molecule has 1 rings (SSSR count). The lowest BCUT2D eigenvalue weighted by atomic mass is 10.7. The van der Waals surface area contributed by atoms with Crippen LogP contribution >= 0.6 is 0 Å². The fourth-order valence-corrected chi connectivity index (χ4v) is 0.802. The van der Waals surface area contributed by atoms with Gasteiger partial charge < -0.3 is 4.55 Å². The molecule has 0 N–H and O–H groups in total. The summed E-state index contributed by atoms with van der Waals surface area (Å²) in [7, 11) is 0. The van der Waals surface area contributed by atoms with E-state index in [1.54, 1.807) is 0 Å². The Morgan fingerprint density at radius 1 is 1.56 bits per heavy atom. The van der Waals surface area contributed by atoms with Crippen LogP contribution in [0.1, 0.15) is 0 Å². The zero-order valence-corrected chi connectivity index (χ0v) is 5.68. The van der Waals surface area contributed by atoms with Gasteiger partial charge in [0.25, 0.3) is 0 Å². The summed E-state index contributed by atoms with van der Waals surface area (Å²) < 4.78 is 10.6. The van der Waals surface area contributed by atoms with Gasteiger partial charge in [0.15, 0.2) is 0 Å². The quantitative estimate of drug-likeness (QED) is 0.409. The molecule has 0 aliphatic carbocycles. The van der Waals surface area contributed by atoms with Gasteiger partial charge in [-0.25, -0.2) is 0 Å². The van der Waals surface area contributed by atoms with E-state index >= 15 is 0 Å². The molecule has 0 saturated heterocycles. The maximum Gasteiger partial charge on any atom is 0.342 e. The van der Waals surface area contributed by atoms with E-state index in [9.17, 15) is 4.55 Å². The van der Waals surface area contributed by atoms with Crippen molar-refractivity contribution >= 4 is 11.2 Å². The number of hydrogen-bond acceptors (Lipinski definition) is 3. The molecule has 1 aromatic rings. The highest BCUT2D eigenvalue weighted by molar-refractivity contribution is 7.90. The van der Waals surface area contributed by atoms with Gasteiger partial charge in [0.1, 0.15) is 6.26 Å². The van der Waals surface area contributed by atoms with Crippen molar-refractivity contribution in [3.05, 3.63) is 18.5 Å². The second-order valence-electron chi connectivity index (χ2n) is 1.42. The molecule has 0 fully saturated rings. The molecule has 1 radical (unpaired) electrons. The van der Waals surface area contributed by atoms with Crippen molar-refractivity contribution in [3.63, 3.8) is 0 Å². The SMILES string of the molecule is C[S+]([O-])c1nc[c]cn1. The summed E-state index contributed by atoms with van der Waals surface area (Å²) in [5.41, 5.74) is 0. The van der Waals surface area contributed by atoms with E-state index in [0.717, 1.165) is 0 Å². The Morgan fingerprint density at radius 2 is 2.11 bits per heavy atom. The molecule has 47 valence electrons. The van der Waals surface area contributed by atoms with Crippen molar-refractivity contribution in [3.8, 4) is 0 Å².